The monoisotopic (exact) mass is 286 g/mol. The number of carbonyl (C=O) groups is 2. The summed E-state index contributed by atoms with van der Waals surface area (Å²) in [6, 6.07) is 3.96. The molecule has 0 fully saturated rings. The van der Waals surface area contributed by atoms with Gasteiger partial charge < -0.3 is 15.3 Å². The highest BCUT2D eigenvalue weighted by Gasteiger charge is 2.12. The van der Waals surface area contributed by atoms with Gasteiger partial charge in [-0.3, -0.25) is 4.79 Å². The van der Waals surface area contributed by atoms with Crippen molar-refractivity contribution in [1.82, 2.24) is 0 Å². The van der Waals surface area contributed by atoms with Crippen molar-refractivity contribution in [3.8, 4) is 5.75 Å². The van der Waals surface area contributed by atoms with Gasteiger partial charge in [0.1, 0.15) is 11.5 Å². The lowest BCUT2D eigenvalue weighted by atomic mass is 10.1. The van der Waals surface area contributed by atoms with E-state index in [1.165, 1.54) is 18.2 Å². The van der Waals surface area contributed by atoms with Crippen molar-refractivity contribution in [2.45, 2.75) is 0 Å². The molecule has 0 atom stereocenters. The number of phenolic OH excluding ortho intramolecular Hbond substituents is 1. The molecule has 1 rings (SSSR count). The number of hydrogen-bond donors (Lipinski definition) is 3. The van der Waals surface area contributed by atoms with Crippen LogP contribution in [0.4, 0.5) is 0 Å². The molecular weight excluding hydrogens is 280 g/mol. The molecule has 0 saturated carbocycles. The van der Waals surface area contributed by atoms with Gasteiger partial charge in [-0.2, -0.15) is 0 Å². The lowest BCUT2D eigenvalue weighted by molar-refractivity contribution is -0.146. The van der Waals surface area contributed by atoms with Crippen molar-refractivity contribution < 1.29 is 24.9 Å². The summed E-state index contributed by atoms with van der Waals surface area (Å²) in [5.41, 5.74) is 0.215. The van der Waals surface area contributed by atoms with Crippen molar-refractivity contribution in [3.05, 3.63) is 34.3 Å². The summed E-state index contributed by atoms with van der Waals surface area (Å²) in [6.45, 7) is 0. The first kappa shape index (κ1) is 12.3. The molecule has 0 aliphatic rings. The van der Waals surface area contributed by atoms with E-state index in [9.17, 15) is 14.7 Å². The van der Waals surface area contributed by atoms with Crippen molar-refractivity contribution in [2.24, 2.45) is 0 Å². The average Bonchev–Trinajstić information content (AvgIpc) is 2.16. The first-order valence-electron chi connectivity index (χ1n) is 4.08. The number of hydrogen-bond acceptors (Lipinski definition) is 4. The average molecular weight is 287 g/mol. The van der Waals surface area contributed by atoms with Gasteiger partial charge >= 0.3 is 5.97 Å². The summed E-state index contributed by atoms with van der Waals surface area (Å²) < 4.78 is 0.347. The molecular formula is C10H7BrO5. The summed E-state index contributed by atoms with van der Waals surface area (Å²) in [6.07, 6.45) is 0.597. The van der Waals surface area contributed by atoms with Crippen LogP contribution >= 0.6 is 15.9 Å². The number of aliphatic hydroxyl groups excluding tert-OH is 1. The van der Waals surface area contributed by atoms with Crippen molar-refractivity contribution >= 4 is 33.4 Å². The number of carboxylic acid groups (broad SMARTS) is 1. The maximum Gasteiger partial charge on any atom is 0.376 e. The zero-order valence-corrected chi connectivity index (χ0v) is 9.43. The minimum absolute atomic E-state index is 0.0204. The second-order valence-electron chi connectivity index (χ2n) is 2.86. The SMILES string of the molecule is O=C(O)C(=O)/C=C(\O)c1ccc(O)cc1Br. The molecule has 0 radical (unpaired) electrons. The molecule has 16 heavy (non-hydrogen) atoms. The van der Waals surface area contributed by atoms with Gasteiger partial charge in [0.15, 0.2) is 0 Å². The third kappa shape index (κ3) is 2.83. The van der Waals surface area contributed by atoms with Crippen LogP contribution in [0.3, 0.4) is 0 Å². The number of halogens is 1. The van der Waals surface area contributed by atoms with E-state index >= 15 is 0 Å². The molecule has 0 aromatic heterocycles. The van der Waals surface area contributed by atoms with Crippen LogP contribution in [-0.2, 0) is 9.59 Å². The van der Waals surface area contributed by atoms with E-state index in [1.807, 2.05) is 0 Å². The third-order valence-electron chi connectivity index (χ3n) is 1.71. The van der Waals surface area contributed by atoms with Crippen molar-refractivity contribution in [1.29, 1.82) is 0 Å². The van der Waals surface area contributed by atoms with Gasteiger partial charge in [0.25, 0.3) is 5.78 Å². The fourth-order valence-corrected chi connectivity index (χ4v) is 1.55. The topological polar surface area (TPSA) is 94.8 Å². The Labute approximate surface area is 98.8 Å². The van der Waals surface area contributed by atoms with E-state index in [4.69, 9.17) is 10.2 Å². The van der Waals surface area contributed by atoms with Gasteiger partial charge in [-0.15, -0.1) is 0 Å². The highest BCUT2D eigenvalue weighted by Crippen LogP contribution is 2.26. The highest BCUT2D eigenvalue weighted by atomic mass is 79.9. The molecule has 0 amide bonds. The van der Waals surface area contributed by atoms with Gasteiger partial charge in [-0.1, -0.05) is 0 Å². The van der Waals surface area contributed by atoms with Gasteiger partial charge in [0.2, 0.25) is 0 Å². The normalized spacial score (nSPS) is 11.2. The van der Waals surface area contributed by atoms with E-state index in [-0.39, 0.29) is 11.3 Å². The molecule has 0 saturated heterocycles. The Morgan fingerprint density at radius 3 is 2.38 bits per heavy atom. The van der Waals surface area contributed by atoms with Gasteiger partial charge in [0, 0.05) is 16.1 Å². The molecule has 0 bridgehead atoms. The molecule has 0 heterocycles. The van der Waals surface area contributed by atoms with Crippen LogP contribution in [0.5, 0.6) is 5.75 Å². The van der Waals surface area contributed by atoms with Crippen LogP contribution in [-0.4, -0.2) is 27.1 Å². The minimum Gasteiger partial charge on any atom is -0.508 e. The number of carboxylic acids is 1. The molecule has 3 N–H and O–H groups in total. The fourth-order valence-electron chi connectivity index (χ4n) is 0.975. The van der Waals surface area contributed by atoms with E-state index < -0.39 is 17.5 Å². The molecule has 0 aliphatic heterocycles. The second-order valence-corrected chi connectivity index (χ2v) is 3.72. The lowest BCUT2D eigenvalue weighted by Crippen LogP contribution is -2.09. The van der Waals surface area contributed by atoms with Crippen molar-refractivity contribution in [2.75, 3.05) is 0 Å². The van der Waals surface area contributed by atoms with Crippen LogP contribution in [0.2, 0.25) is 0 Å². The number of phenols is 1. The first-order chi connectivity index (χ1) is 7.41. The summed E-state index contributed by atoms with van der Waals surface area (Å²) >= 11 is 3.06. The van der Waals surface area contributed by atoms with Gasteiger partial charge in [0.05, 0.1) is 0 Å². The maximum atomic E-state index is 10.8. The summed E-state index contributed by atoms with van der Waals surface area (Å²) in [7, 11) is 0. The highest BCUT2D eigenvalue weighted by molar-refractivity contribution is 9.10. The summed E-state index contributed by atoms with van der Waals surface area (Å²) in [5, 5.41) is 26.9. The van der Waals surface area contributed by atoms with Gasteiger partial charge in [-0.05, 0) is 34.1 Å². The Kier molecular flexibility index (Phi) is 3.68. The molecule has 5 nitrogen and oxygen atoms in total. The molecule has 84 valence electrons. The molecule has 6 heteroatoms. The van der Waals surface area contributed by atoms with Crippen LogP contribution in [0, 0.1) is 0 Å². The number of aliphatic hydroxyl groups is 1. The van der Waals surface area contributed by atoms with Crippen LogP contribution < -0.4 is 0 Å². The molecule has 0 unspecified atom stereocenters. The Morgan fingerprint density at radius 2 is 1.88 bits per heavy atom. The zero-order chi connectivity index (χ0) is 12.3. The summed E-state index contributed by atoms with van der Waals surface area (Å²) in [5.74, 6) is -3.38. The van der Waals surface area contributed by atoms with E-state index in [2.05, 4.69) is 15.9 Å². The largest absolute Gasteiger partial charge is 0.508 e. The minimum atomic E-state index is -1.65. The van der Waals surface area contributed by atoms with E-state index in [0.717, 1.165) is 0 Å². The predicted octanol–water partition coefficient (Wildman–Crippen LogP) is 1.71. The lowest BCUT2D eigenvalue weighted by Gasteiger charge is -2.03. The van der Waals surface area contributed by atoms with E-state index in [0.29, 0.717) is 10.5 Å². The Hall–Kier alpha value is -1.82. The first-order valence-corrected chi connectivity index (χ1v) is 4.88. The van der Waals surface area contributed by atoms with Crippen molar-refractivity contribution in [3.63, 3.8) is 0 Å². The van der Waals surface area contributed by atoms with Gasteiger partial charge in [-0.25, -0.2) is 4.79 Å². The number of rotatable bonds is 3. The maximum absolute atomic E-state index is 10.8. The predicted molar refractivity (Wildman–Crippen MR) is 59.1 cm³/mol. The van der Waals surface area contributed by atoms with Crippen LogP contribution in [0.1, 0.15) is 5.56 Å². The number of ketones is 1. The smallest absolute Gasteiger partial charge is 0.376 e. The van der Waals surface area contributed by atoms with Crippen LogP contribution in [0.15, 0.2) is 28.7 Å². The Balaban J connectivity index is 3.10. The Bertz CT molecular complexity index is 478. The second kappa shape index (κ2) is 4.80. The quantitative estimate of drug-likeness (QED) is 0.447. The number of carbonyl (C=O) groups excluding carboxylic acids is 1. The standard InChI is InChI=1S/C10H7BrO5/c11-7-3-5(12)1-2-6(7)8(13)4-9(14)10(15)16/h1-4,12-13H,(H,15,16)/b8-4-. The Morgan fingerprint density at radius 1 is 1.25 bits per heavy atom. The van der Waals surface area contributed by atoms with Crippen LogP contribution in [0.25, 0.3) is 5.76 Å². The number of aliphatic carboxylic acids is 1. The molecule has 1 aromatic rings. The van der Waals surface area contributed by atoms with E-state index in [1.54, 1.807) is 0 Å². The molecule has 1 aromatic carbocycles. The molecule has 0 spiro atoms. The number of aromatic hydroxyl groups is 1. The third-order valence-corrected chi connectivity index (χ3v) is 2.36. The zero-order valence-electron chi connectivity index (χ0n) is 7.85. The number of benzene rings is 1. The molecule has 0 aliphatic carbocycles. The fraction of sp³-hybridized carbons (Fsp3) is 0. The summed E-state index contributed by atoms with van der Waals surface area (Å²) in [4.78, 5) is 21.1.